The Hall–Kier alpha value is -2.40. The molecular weight excluding hydrogens is 538 g/mol. The van der Waals surface area contributed by atoms with Gasteiger partial charge in [-0.05, 0) is 48.7 Å². The first-order chi connectivity index (χ1) is 20.1. The number of carbonyl (C=O) groups is 3. The maximum absolute atomic E-state index is 12.4. The van der Waals surface area contributed by atoms with Crippen LogP contribution in [0.3, 0.4) is 0 Å². The topological polar surface area (TPSA) is 176 Å². The number of aliphatic carboxylic acids is 1. The molecule has 0 radical (unpaired) electrons. The highest BCUT2D eigenvalue weighted by molar-refractivity contribution is 6.62. The van der Waals surface area contributed by atoms with Crippen molar-refractivity contribution in [2.24, 2.45) is 5.92 Å². The van der Waals surface area contributed by atoms with Gasteiger partial charge in [-0.25, -0.2) is 0 Å². The maximum atomic E-state index is 12.4. The van der Waals surface area contributed by atoms with Crippen LogP contribution in [0.15, 0.2) is 18.2 Å². The summed E-state index contributed by atoms with van der Waals surface area (Å²) in [5.74, 6) is -1.38. The minimum absolute atomic E-state index is 0.0260. The number of amides is 2. The van der Waals surface area contributed by atoms with Gasteiger partial charge in [0.25, 0.3) is 5.91 Å². The van der Waals surface area contributed by atoms with Crippen LogP contribution in [-0.2, 0) is 9.59 Å². The minimum Gasteiger partial charge on any atom is -0.481 e. The molecule has 0 aliphatic carbocycles. The second kappa shape index (κ2) is 23.1. The largest absolute Gasteiger partial charge is 0.488 e. The SMILES string of the molecule is C[C@@H](CCCCNC(=O)CCCCCCCCCCCCCCCNC(=O)c1cc(B(O)O)cc(B(O)O)c1)C(=O)O. The molecule has 2 amide bonds. The van der Waals surface area contributed by atoms with Crippen LogP contribution in [0, 0.1) is 5.92 Å². The molecule has 0 spiro atoms. The smallest absolute Gasteiger partial charge is 0.481 e. The predicted molar refractivity (Wildman–Crippen MR) is 167 cm³/mol. The van der Waals surface area contributed by atoms with Gasteiger partial charge in [0.05, 0.1) is 5.92 Å². The molecule has 12 heteroatoms. The Morgan fingerprint density at radius 2 is 1.07 bits per heavy atom. The zero-order valence-corrected chi connectivity index (χ0v) is 25.4. The second-order valence-corrected chi connectivity index (χ2v) is 11.3. The fourth-order valence-electron chi connectivity index (χ4n) is 4.78. The third-order valence-electron chi connectivity index (χ3n) is 7.51. The van der Waals surface area contributed by atoms with Gasteiger partial charge in [-0.3, -0.25) is 14.4 Å². The fraction of sp³-hybridized carbons (Fsp3) is 0.700. The van der Waals surface area contributed by atoms with Crippen molar-refractivity contribution in [2.75, 3.05) is 13.1 Å². The van der Waals surface area contributed by atoms with Crippen LogP contribution in [0.25, 0.3) is 0 Å². The number of carboxylic acid groups (broad SMARTS) is 1. The van der Waals surface area contributed by atoms with Crippen LogP contribution >= 0.6 is 0 Å². The van der Waals surface area contributed by atoms with Gasteiger partial charge in [0.2, 0.25) is 5.91 Å². The number of hydrogen-bond donors (Lipinski definition) is 7. The van der Waals surface area contributed by atoms with E-state index in [0.29, 0.717) is 25.9 Å². The van der Waals surface area contributed by atoms with Crippen molar-refractivity contribution in [1.82, 2.24) is 10.6 Å². The molecule has 0 aliphatic heterocycles. The van der Waals surface area contributed by atoms with Crippen molar-refractivity contribution in [3.63, 3.8) is 0 Å². The van der Waals surface area contributed by atoms with Gasteiger partial charge in [-0.15, -0.1) is 0 Å². The molecule has 7 N–H and O–H groups in total. The van der Waals surface area contributed by atoms with E-state index in [9.17, 15) is 34.5 Å². The highest BCUT2D eigenvalue weighted by Gasteiger charge is 2.20. The van der Waals surface area contributed by atoms with Crippen molar-refractivity contribution >= 4 is 42.9 Å². The molecule has 0 bridgehead atoms. The normalized spacial score (nSPS) is 11.6. The summed E-state index contributed by atoms with van der Waals surface area (Å²) in [5.41, 5.74) is 0.205. The number of nitrogens with one attached hydrogen (secondary N) is 2. The highest BCUT2D eigenvalue weighted by atomic mass is 16.4. The molecule has 1 aromatic rings. The Morgan fingerprint density at radius 1 is 0.643 bits per heavy atom. The first-order valence-corrected chi connectivity index (χ1v) is 15.8. The molecule has 1 atom stereocenters. The van der Waals surface area contributed by atoms with Gasteiger partial charge >= 0.3 is 20.2 Å². The molecule has 236 valence electrons. The second-order valence-electron chi connectivity index (χ2n) is 11.3. The molecule has 10 nitrogen and oxygen atoms in total. The van der Waals surface area contributed by atoms with E-state index in [1.165, 1.54) is 63.1 Å². The molecule has 0 saturated heterocycles. The van der Waals surface area contributed by atoms with E-state index in [0.717, 1.165) is 51.4 Å². The number of unbranched alkanes of at least 4 members (excludes halogenated alkanes) is 13. The lowest BCUT2D eigenvalue weighted by Crippen LogP contribution is -2.40. The van der Waals surface area contributed by atoms with Gasteiger partial charge in [-0.2, -0.15) is 0 Å². The van der Waals surface area contributed by atoms with Crippen molar-refractivity contribution in [1.29, 1.82) is 0 Å². The Bertz CT molecular complexity index is 891. The Morgan fingerprint density at radius 3 is 1.55 bits per heavy atom. The van der Waals surface area contributed by atoms with Crippen molar-refractivity contribution in [3.05, 3.63) is 23.8 Å². The zero-order chi connectivity index (χ0) is 31.2. The van der Waals surface area contributed by atoms with Crippen molar-refractivity contribution < 1.29 is 39.6 Å². The molecule has 1 rings (SSSR count). The summed E-state index contributed by atoms with van der Waals surface area (Å²) >= 11 is 0. The number of benzene rings is 1. The lowest BCUT2D eigenvalue weighted by molar-refractivity contribution is -0.141. The van der Waals surface area contributed by atoms with Gasteiger partial charge in [0.1, 0.15) is 0 Å². The monoisotopic (exact) mass is 590 g/mol. The highest BCUT2D eigenvalue weighted by Crippen LogP contribution is 2.13. The third-order valence-corrected chi connectivity index (χ3v) is 7.51. The lowest BCUT2D eigenvalue weighted by atomic mass is 9.72. The van der Waals surface area contributed by atoms with Crippen molar-refractivity contribution in [3.8, 4) is 0 Å². The average molecular weight is 590 g/mol. The maximum Gasteiger partial charge on any atom is 0.488 e. The Balaban J connectivity index is 1.92. The summed E-state index contributed by atoms with van der Waals surface area (Å²) in [6.45, 7) is 2.84. The molecule has 0 unspecified atom stereocenters. The molecule has 0 aliphatic rings. The van der Waals surface area contributed by atoms with Crippen LogP contribution in [0.1, 0.15) is 126 Å². The summed E-state index contributed by atoms with van der Waals surface area (Å²) in [4.78, 5) is 35.0. The van der Waals surface area contributed by atoms with Gasteiger partial charge in [-0.1, -0.05) is 90.0 Å². The van der Waals surface area contributed by atoms with Crippen LogP contribution < -0.4 is 21.6 Å². The van der Waals surface area contributed by atoms with E-state index in [4.69, 9.17) is 5.11 Å². The third kappa shape index (κ3) is 18.2. The van der Waals surface area contributed by atoms with Crippen LogP contribution in [0.4, 0.5) is 0 Å². The van der Waals surface area contributed by atoms with Crippen LogP contribution in [0.2, 0.25) is 0 Å². The van der Waals surface area contributed by atoms with E-state index in [1.54, 1.807) is 6.92 Å². The number of carbonyl (C=O) groups excluding carboxylic acids is 2. The predicted octanol–water partition coefficient (Wildman–Crippen LogP) is 2.24. The Kier molecular flexibility index (Phi) is 20.7. The molecular formula is C30H52B2N2O8. The molecule has 0 heterocycles. The van der Waals surface area contributed by atoms with Gasteiger partial charge in [0.15, 0.2) is 0 Å². The summed E-state index contributed by atoms with van der Waals surface area (Å²) in [6.07, 6.45) is 17.5. The average Bonchev–Trinajstić information content (AvgIpc) is 2.96. The van der Waals surface area contributed by atoms with Crippen molar-refractivity contribution in [2.45, 2.75) is 116 Å². The fourth-order valence-corrected chi connectivity index (χ4v) is 4.78. The first-order valence-electron chi connectivity index (χ1n) is 15.8. The first kappa shape index (κ1) is 37.6. The standard InChI is InChI=1S/C30H52B2N2O8/c1-24(30(37)38)17-14-16-19-33-28(35)18-13-11-9-7-5-3-2-4-6-8-10-12-15-20-34-29(36)25-21-26(31(39)40)23-27(22-25)32(41)42/h21-24,39-42H,2-20H2,1H3,(H,33,35)(H,34,36)(H,37,38)/t24-/m0/s1. The zero-order valence-electron chi connectivity index (χ0n) is 25.4. The summed E-state index contributed by atoms with van der Waals surface area (Å²) in [5, 5.41) is 52.0. The van der Waals surface area contributed by atoms with E-state index in [2.05, 4.69) is 10.6 Å². The molecule has 0 saturated carbocycles. The van der Waals surface area contributed by atoms with E-state index in [1.807, 2.05) is 0 Å². The quantitative estimate of drug-likeness (QED) is 0.0670. The molecule has 1 aromatic carbocycles. The van der Waals surface area contributed by atoms with Gasteiger partial charge < -0.3 is 35.8 Å². The molecule has 0 aromatic heterocycles. The number of rotatable bonds is 25. The van der Waals surface area contributed by atoms with Gasteiger partial charge in [0, 0.05) is 25.1 Å². The summed E-state index contributed by atoms with van der Waals surface area (Å²) in [7, 11) is -3.61. The number of carboxylic acids is 1. The summed E-state index contributed by atoms with van der Waals surface area (Å²) < 4.78 is 0. The summed E-state index contributed by atoms with van der Waals surface area (Å²) in [6, 6.07) is 3.89. The van der Waals surface area contributed by atoms with E-state index < -0.39 is 26.1 Å². The number of hydrogen-bond acceptors (Lipinski definition) is 7. The minimum atomic E-state index is -1.81. The van der Waals surface area contributed by atoms with Crippen LogP contribution in [0.5, 0.6) is 0 Å². The lowest BCUT2D eigenvalue weighted by Gasteiger charge is -2.10. The molecule has 42 heavy (non-hydrogen) atoms. The van der Waals surface area contributed by atoms with Crippen LogP contribution in [-0.4, -0.2) is 70.3 Å². The van der Waals surface area contributed by atoms with E-state index >= 15 is 0 Å². The van der Waals surface area contributed by atoms with E-state index in [-0.39, 0.29) is 28.3 Å². The molecule has 0 fully saturated rings. The Labute approximate surface area is 252 Å².